The molecule has 112 valence electrons. The lowest BCUT2D eigenvalue weighted by atomic mass is 9.95. The van der Waals surface area contributed by atoms with Gasteiger partial charge in [0.2, 0.25) is 0 Å². The number of carboxylic acids is 1. The van der Waals surface area contributed by atoms with Crippen molar-refractivity contribution in [3.05, 3.63) is 41.0 Å². The number of hydrogen-bond donors (Lipinski definition) is 1. The Kier molecular flexibility index (Phi) is 5.11. The van der Waals surface area contributed by atoms with Crippen molar-refractivity contribution in [1.29, 1.82) is 0 Å². The van der Waals surface area contributed by atoms with Crippen LogP contribution in [0.15, 0.2) is 24.3 Å². The molecule has 0 fully saturated rings. The molecule has 1 aliphatic carbocycles. The monoisotopic (exact) mass is 289 g/mol. The molecule has 21 heavy (non-hydrogen) atoms. The summed E-state index contributed by atoms with van der Waals surface area (Å²) in [6.45, 7) is 0.254. The van der Waals surface area contributed by atoms with Gasteiger partial charge in [-0.1, -0.05) is 18.2 Å². The van der Waals surface area contributed by atoms with Crippen molar-refractivity contribution >= 4 is 18.0 Å². The third-order valence-electron chi connectivity index (χ3n) is 3.45. The van der Waals surface area contributed by atoms with E-state index in [1.807, 2.05) is 18.2 Å². The molecule has 5 nitrogen and oxygen atoms in total. The SMILES string of the molecule is COCCN(CC(=O)O)C(=O)c1ccc2c(c1)CCC=C2. The molecule has 1 aromatic rings. The van der Waals surface area contributed by atoms with Crippen LogP contribution in [0.25, 0.3) is 6.08 Å². The highest BCUT2D eigenvalue weighted by atomic mass is 16.5. The van der Waals surface area contributed by atoms with Crippen molar-refractivity contribution in [2.24, 2.45) is 0 Å². The highest BCUT2D eigenvalue weighted by Crippen LogP contribution is 2.21. The molecule has 0 bridgehead atoms. The summed E-state index contributed by atoms with van der Waals surface area (Å²) < 4.78 is 4.93. The molecule has 0 saturated carbocycles. The number of hydrogen-bond acceptors (Lipinski definition) is 3. The summed E-state index contributed by atoms with van der Waals surface area (Å²) in [5.41, 5.74) is 2.78. The van der Waals surface area contributed by atoms with E-state index in [2.05, 4.69) is 6.08 Å². The molecule has 2 rings (SSSR count). The third kappa shape index (κ3) is 3.92. The van der Waals surface area contributed by atoms with E-state index in [4.69, 9.17) is 9.84 Å². The Hall–Kier alpha value is -2.14. The largest absolute Gasteiger partial charge is 0.480 e. The van der Waals surface area contributed by atoms with Crippen LogP contribution in [0.2, 0.25) is 0 Å². The zero-order chi connectivity index (χ0) is 15.2. The van der Waals surface area contributed by atoms with Crippen LogP contribution < -0.4 is 0 Å². The van der Waals surface area contributed by atoms with E-state index >= 15 is 0 Å². The van der Waals surface area contributed by atoms with Gasteiger partial charge in [-0.3, -0.25) is 9.59 Å². The van der Waals surface area contributed by atoms with E-state index in [1.54, 1.807) is 6.07 Å². The van der Waals surface area contributed by atoms with Crippen molar-refractivity contribution in [3.63, 3.8) is 0 Å². The summed E-state index contributed by atoms with van der Waals surface area (Å²) in [7, 11) is 1.52. The average Bonchev–Trinajstić information content (AvgIpc) is 2.50. The number of benzene rings is 1. The number of aryl methyl sites for hydroxylation is 1. The summed E-state index contributed by atoms with van der Waals surface area (Å²) in [6.07, 6.45) is 6.03. The van der Waals surface area contributed by atoms with E-state index in [0.29, 0.717) is 12.2 Å². The minimum absolute atomic E-state index is 0.263. The van der Waals surface area contributed by atoms with Gasteiger partial charge in [0.15, 0.2) is 0 Å². The van der Waals surface area contributed by atoms with Crippen LogP contribution >= 0.6 is 0 Å². The smallest absolute Gasteiger partial charge is 0.323 e. The van der Waals surface area contributed by atoms with Gasteiger partial charge in [0.05, 0.1) is 6.61 Å². The molecule has 0 heterocycles. The maximum absolute atomic E-state index is 12.5. The zero-order valence-corrected chi connectivity index (χ0v) is 12.0. The molecule has 0 saturated heterocycles. The topological polar surface area (TPSA) is 66.8 Å². The number of carbonyl (C=O) groups is 2. The van der Waals surface area contributed by atoms with E-state index in [1.165, 1.54) is 12.0 Å². The van der Waals surface area contributed by atoms with Crippen LogP contribution in [-0.2, 0) is 16.0 Å². The zero-order valence-electron chi connectivity index (χ0n) is 12.0. The Balaban J connectivity index is 2.19. The summed E-state index contributed by atoms with van der Waals surface area (Å²) >= 11 is 0. The average molecular weight is 289 g/mol. The molecular weight excluding hydrogens is 270 g/mol. The van der Waals surface area contributed by atoms with E-state index in [0.717, 1.165) is 24.0 Å². The van der Waals surface area contributed by atoms with Crippen molar-refractivity contribution in [3.8, 4) is 0 Å². The maximum Gasteiger partial charge on any atom is 0.323 e. The van der Waals surface area contributed by atoms with Gasteiger partial charge in [-0.25, -0.2) is 0 Å². The van der Waals surface area contributed by atoms with Gasteiger partial charge in [0.25, 0.3) is 5.91 Å². The number of carboxylic acid groups (broad SMARTS) is 1. The lowest BCUT2D eigenvalue weighted by Crippen LogP contribution is -2.38. The molecule has 0 radical (unpaired) electrons. The molecule has 0 aliphatic heterocycles. The quantitative estimate of drug-likeness (QED) is 0.867. The Bertz CT molecular complexity index is 565. The van der Waals surface area contributed by atoms with Gasteiger partial charge >= 0.3 is 5.97 Å². The number of ether oxygens (including phenoxy) is 1. The summed E-state index contributed by atoms with van der Waals surface area (Å²) in [4.78, 5) is 24.7. The molecule has 1 N–H and O–H groups in total. The molecule has 1 amide bonds. The molecule has 0 spiro atoms. The summed E-state index contributed by atoms with van der Waals surface area (Å²) in [5.74, 6) is -1.30. The highest BCUT2D eigenvalue weighted by Gasteiger charge is 2.19. The molecule has 0 unspecified atom stereocenters. The van der Waals surface area contributed by atoms with Gasteiger partial charge in [0.1, 0.15) is 6.54 Å². The number of carbonyl (C=O) groups excluding carboxylic acids is 1. The Labute approximate surface area is 123 Å². The van der Waals surface area contributed by atoms with Crippen molar-refractivity contribution in [1.82, 2.24) is 4.90 Å². The Morgan fingerprint density at radius 1 is 1.38 bits per heavy atom. The first-order valence-corrected chi connectivity index (χ1v) is 6.91. The van der Waals surface area contributed by atoms with E-state index in [9.17, 15) is 9.59 Å². The minimum Gasteiger partial charge on any atom is -0.480 e. The van der Waals surface area contributed by atoms with Gasteiger partial charge in [0, 0.05) is 19.2 Å². The maximum atomic E-state index is 12.5. The molecule has 1 aromatic carbocycles. The second kappa shape index (κ2) is 7.04. The first kappa shape index (κ1) is 15.3. The van der Waals surface area contributed by atoms with Crippen molar-refractivity contribution < 1.29 is 19.4 Å². The predicted octanol–water partition coefficient (Wildman–Crippen LogP) is 1.82. The lowest BCUT2D eigenvalue weighted by Gasteiger charge is -2.21. The third-order valence-corrected chi connectivity index (χ3v) is 3.45. The van der Waals surface area contributed by atoms with Crippen LogP contribution in [0.4, 0.5) is 0 Å². The number of rotatable bonds is 6. The number of allylic oxidation sites excluding steroid dienone is 1. The second-order valence-electron chi connectivity index (χ2n) is 4.97. The lowest BCUT2D eigenvalue weighted by molar-refractivity contribution is -0.137. The van der Waals surface area contributed by atoms with Gasteiger partial charge in [-0.15, -0.1) is 0 Å². The fourth-order valence-corrected chi connectivity index (χ4v) is 2.37. The van der Waals surface area contributed by atoms with Crippen molar-refractivity contribution in [2.75, 3.05) is 26.8 Å². The Morgan fingerprint density at radius 2 is 2.19 bits per heavy atom. The fraction of sp³-hybridized carbons (Fsp3) is 0.375. The Morgan fingerprint density at radius 3 is 2.90 bits per heavy atom. The molecule has 1 aliphatic rings. The van der Waals surface area contributed by atoms with Crippen LogP contribution in [0, 0.1) is 0 Å². The molecule has 0 aromatic heterocycles. The van der Waals surface area contributed by atoms with Crippen LogP contribution in [0.3, 0.4) is 0 Å². The normalized spacial score (nSPS) is 12.8. The number of amides is 1. The van der Waals surface area contributed by atoms with Crippen LogP contribution in [0.1, 0.15) is 27.9 Å². The first-order valence-electron chi connectivity index (χ1n) is 6.91. The van der Waals surface area contributed by atoms with Gasteiger partial charge in [-0.2, -0.15) is 0 Å². The fourth-order valence-electron chi connectivity index (χ4n) is 2.37. The summed E-state index contributed by atoms with van der Waals surface area (Å²) in [5, 5.41) is 8.93. The number of aliphatic carboxylic acids is 1. The van der Waals surface area contributed by atoms with E-state index < -0.39 is 5.97 Å². The minimum atomic E-state index is -1.03. The van der Waals surface area contributed by atoms with Crippen molar-refractivity contribution in [2.45, 2.75) is 12.8 Å². The molecule has 5 heteroatoms. The van der Waals surface area contributed by atoms with Gasteiger partial charge in [-0.05, 0) is 36.1 Å². The second-order valence-corrected chi connectivity index (χ2v) is 4.97. The number of fused-ring (bicyclic) bond motifs is 1. The highest BCUT2D eigenvalue weighted by molar-refractivity contribution is 5.96. The van der Waals surface area contributed by atoms with Crippen LogP contribution in [0.5, 0.6) is 0 Å². The van der Waals surface area contributed by atoms with E-state index in [-0.39, 0.29) is 19.0 Å². The van der Waals surface area contributed by atoms with Crippen LogP contribution in [-0.4, -0.2) is 48.7 Å². The number of nitrogens with zero attached hydrogens (tertiary/aromatic N) is 1. The summed E-state index contributed by atoms with van der Waals surface area (Å²) in [6, 6.07) is 5.52. The predicted molar refractivity (Wildman–Crippen MR) is 79.2 cm³/mol. The van der Waals surface area contributed by atoms with Gasteiger partial charge < -0.3 is 14.7 Å². The number of methoxy groups -OCH3 is 1. The molecule has 0 atom stereocenters. The first-order chi connectivity index (χ1) is 10.1. The standard InChI is InChI=1S/C16H19NO4/c1-21-9-8-17(11-15(18)19)16(20)14-7-6-12-4-2-3-5-13(12)10-14/h2,4,6-7,10H,3,5,8-9,11H2,1H3,(H,18,19). The molecular formula is C16H19NO4.